The van der Waals surface area contributed by atoms with Crippen LogP contribution in [0.15, 0.2) is 18.3 Å². The van der Waals surface area contributed by atoms with Crippen molar-refractivity contribution in [2.75, 3.05) is 6.54 Å². The van der Waals surface area contributed by atoms with E-state index in [4.69, 9.17) is 4.74 Å². The zero-order chi connectivity index (χ0) is 14.3. The average Bonchev–Trinajstić information content (AvgIpc) is 2.74. The lowest BCUT2D eigenvalue weighted by molar-refractivity contribution is 0.0506. The van der Waals surface area contributed by atoms with E-state index in [0.29, 0.717) is 0 Å². The summed E-state index contributed by atoms with van der Waals surface area (Å²) < 4.78 is 5.20. The number of amides is 1. The van der Waals surface area contributed by atoms with Gasteiger partial charge < -0.3 is 20.4 Å². The Morgan fingerprint density at radius 1 is 1.47 bits per heavy atom. The number of aromatic amines is 1. The minimum Gasteiger partial charge on any atom is -0.444 e. The number of alkyl carbamates (subject to hydrolysis) is 1. The highest BCUT2D eigenvalue weighted by molar-refractivity contribution is 5.67. The quantitative estimate of drug-likeness (QED) is 0.693. The van der Waals surface area contributed by atoms with Crippen molar-refractivity contribution >= 4 is 6.09 Å². The number of H-pyrrole nitrogens is 1. The maximum Gasteiger partial charge on any atom is 0.407 e. The van der Waals surface area contributed by atoms with Gasteiger partial charge in [-0.2, -0.15) is 0 Å². The highest BCUT2D eigenvalue weighted by atomic mass is 16.6. The predicted octanol–water partition coefficient (Wildman–Crippen LogP) is 2.41. The Bertz CT molecular complexity index is 369. The van der Waals surface area contributed by atoms with Crippen LogP contribution in [0.25, 0.3) is 0 Å². The van der Waals surface area contributed by atoms with Gasteiger partial charge in [0.05, 0.1) is 0 Å². The van der Waals surface area contributed by atoms with Gasteiger partial charge in [-0.3, -0.25) is 0 Å². The molecule has 1 atom stereocenters. The lowest BCUT2D eigenvalue weighted by Gasteiger charge is -2.22. The number of carbonyl (C=O) groups excluding carboxylic acids is 1. The standard InChI is InChI=1S/C14H25N3O2/c1-11(17-13(18)19-14(2,3)4)7-9-15-10-12-6-5-8-16-12/h5-6,8,11,15-16H,7,9-10H2,1-4H3,(H,17,18). The van der Waals surface area contributed by atoms with Gasteiger partial charge in [-0.05, 0) is 52.8 Å². The monoisotopic (exact) mass is 267 g/mol. The van der Waals surface area contributed by atoms with Gasteiger partial charge in [-0.15, -0.1) is 0 Å². The topological polar surface area (TPSA) is 66.2 Å². The molecule has 0 saturated carbocycles. The van der Waals surface area contributed by atoms with Crippen LogP contribution in [0.3, 0.4) is 0 Å². The molecule has 0 aliphatic carbocycles. The van der Waals surface area contributed by atoms with Gasteiger partial charge in [0.1, 0.15) is 5.60 Å². The summed E-state index contributed by atoms with van der Waals surface area (Å²) in [5.74, 6) is 0. The van der Waals surface area contributed by atoms with E-state index in [2.05, 4.69) is 15.6 Å². The normalized spacial score (nSPS) is 13.1. The molecule has 1 unspecified atom stereocenters. The number of rotatable bonds is 6. The summed E-state index contributed by atoms with van der Waals surface area (Å²) in [6.07, 6.45) is 2.41. The van der Waals surface area contributed by atoms with E-state index in [1.54, 1.807) is 0 Å². The maximum atomic E-state index is 11.5. The Kier molecular flexibility index (Phi) is 5.89. The van der Waals surface area contributed by atoms with Crippen molar-refractivity contribution < 1.29 is 9.53 Å². The molecule has 0 fully saturated rings. The first-order valence-corrected chi connectivity index (χ1v) is 6.69. The molecule has 5 nitrogen and oxygen atoms in total. The molecule has 19 heavy (non-hydrogen) atoms. The minimum atomic E-state index is -0.449. The van der Waals surface area contributed by atoms with Crippen molar-refractivity contribution in [3.8, 4) is 0 Å². The van der Waals surface area contributed by atoms with Crippen LogP contribution in [-0.2, 0) is 11.3 Å². The van der Waals surface area contributed by atoms with Crippen molar-refractivity contribution in [2.24, 2.45) is 0 Å². The molecule has 0 aliphatic rings. The van der Waals surface area contributed by atoms with Crippen molar-refractivity contribution in [1.29, 1.82) is 0 Å². The number of aromatic nitrogens is 1. The molecule has 1 heterocycles. The number of ether oxygens (including phenoxy) is 1. The highest BCUT2D eigenvalue weighted by Gasteiger charge is 2.17. The number of hydrogen-bond acceptors (Lipinski definition) is 3. The molecule has 5 heteroatoms. The van der Waals surface area contributed by atoms with Crippen molar-refractivity contribution in [2.45, 2.75) is 52.3 Å². The first-order chi connectivity index (χ1) is 8.87. The Morgan fingerprint density at radius 3 is 2.79 bits per heavy atom. The molecule has 1 amide bonds. The fourth-order valence-electron chi connectivity index (χ4n) is 1.60. The summed E-state index contributed by atoms with van der Waals surface area (Å²) in [6.45, 7) is 9.20. The molecule has 3 N–H and O–H groups in total. The fraction of sp³-hybridized carbons (Fsp3) is 0.643. The third-order valence-electron chi connectivity index (χ3n) is 2.50. The molecular weight excluding hydrogens is 242 g/mol. The maximum absolute atomic E-state index is 11.5. The summed E-state index contributed by atoms with van der Waals surface area (Å²) >= 11 is 0. The zero-order valence-electron chi connectivity index (χ0n) is 12.2. The van der Waals surface area contributed by atoms with Crippen LogP contribution in [-0.4, -0.2) is 29.3 Å². The van der Waals surface area contributed by atoms with E-state index < -0.39 is 5.60 Å². The van der Waals surface area contributed by atoms with E-state index in [-0.39, 0.29) is 12.1 Å². The average molecular weight is 267 g/mol. The van der Waals surface area contributed by atoms with E-state index in [9.17, 15) is 4.79 Å². The lowest BCUT2D eigenvalue weighted by atomic mass is 10.2. The molecule has 0 bridgehead atoms. The van der Waals surface area contributed by atoms with Crippen LogP contribution in [0.2, 0.25) is 0 Å². The molecule has 0 saturated heterocycles. The van der Waals surface area contributed by atoms with E-state index in [1.165, 1.54) is 0 Å². The fourth-order valence-corrected chi connectivity index (χ4v) is 1.60. The van der Waals surface area contributed by atoms with Crippen LogP contribution in [0.1, 0.15) is 39.8 Å². The second-order valence-corrected chi connectivity index (χ2v) is 5.71. The summed E-state index contributed by atoms with van der Waals surface area (Å²) in [5, 5.41) is 6.14. The number of nitrogens with one attached hydrogen (secondary N) is 3. The SMILES string of the molecule is CC(CCNCc1ccc[nH]1)NC(=O)OC(C)(C)C. The molecule has 1 rings (SSSR count). The molecular formula is C14H25N3O2. The number of hydrogen-bond donors (Lipinski definition) is 3. The Labute approximate surface area is 115 Å². The van der Waals surface area contributed by atoms with Crippen LogP contribution in [0.4, 0.5) is 4.79 Å². The van der Waals surface area contributed by atoms with Crippen LogP contribution in [0, 0.1) is 0 Å². The van der Waals surface area contributed by atoms with Crippen LogP contribution < -0.4 is 10.6 Å². The number of carbonyl (C=O) groups is 1. The second-order valence-electron chi connectivity index (χ2n) is 5.71. The van der Waals surface area contributed by atoms with Gasteiger partial charge in [0.25, 0.3) is 0 Å². The first kappa shape index (κ1) is 15.6. The van der Waals surface area contributed by atoms with Crippen molar-refractivity contribution in [1.82, 2.24) is 15.6 Å². The van der Waals surface area contributed by atoms with Gasteiger partial charge >= 0.3 is 6.09 Å². The summed E-state index contributed by atoms with van der Waals surface area (Å²) in [5.41, 5.74) is 0.711. The Hall–Kier alpha value is -1.49. The molecule has 0 spiro atoms. The van der Waals surface area contributed by atoms with Gasteiger partial charge in [0.2, 0.25) is 0 Å². The predicted molar refractivity (Wildman–Crippen MR) is 75.9 cm³/mol. The Morgan fingerprint density at radius 2 is 2.21 bits per heavy atom. The van der Waals surface area contributed by atoms with E-state index in [0.717, 1.165) is 25.2 Å². The molecule has 108 valence electrons. The van der Waals surface area contributed by atoms with Crippen LogP contribution in [0.5, 0.6) is 0 Å². The van der Waals surface area contributed by atoms with Gasteiger partial charge in [-0.25, -0.2) is 4.79 Å². The largest absolute Gasteiger partial charge is 0.444 e. The van der Waals surface area contributed by atoms with Gasteiger partial charge in [-0.1, -0.05) is 0 Å². The molecule has 1 aromatic rings. The van der Waals surface area contributed by atoms with Crippen LogP contribution >= 0.6 is 0 Å². The third-order valence-corrected chi connectivity index (χ3v) is 2.50. The summed E-state index contributed by atoms with van der Waals surface area (Å²) in [4.78, 5) is 14.7. The zero-order valence-corrected chi connectivity index (χ0v) is 12.2. The summed E-state index contributed by atoms with van der Waals surface area (Å²) in [6, 6.07) is 4.10. The highest BCUT2D eigenvalue weighted by Crippen LogP contribution is 2.07. The van der Waals surface area contributed by atoms with Crippen molar-refractivity contribution in [3.05, 3.63) is 24.0 Å². The molecule has 0 aliphatic heterocycles. The second kappa shape index (κ2) is 7.19. The molecule has 0 radical (unpaired) electrons. The molecule has 0 aromatic carbocycles. The van der Waals surface area contributed by atoms with E-state index in [1.807, 2.05) is 46.0 Å². The third kappa shape index (κ3) is 7.51. The molecule has 1 aromatic heterocycles. The van der Waals surface area contributed by atoms with E-state index >= 15 is 0 Å². The smallest absolute Gasteiger partial charge is 0.407 e. The van der Waals surface area contributed by atoms with Crippen molar-refractivity contribution in [3.63, 3.8) is 0 Å². The minimum absolute atomic E-state index is 0.0889. The first-order valence-electron chi connectivity index (χ1n) is 6.69. The summed E-state index contributed by atoms with van der Waals surface area (Å²) in [7, 11) is 0. The Balaban J connectivity index is 2.10. The lowest BCUT2D eigenvalue weighted by Crippen LogP contribution is -2.38. The van der Waals surface area contributed by atoms with Gasteiger partial charge in [0, 0.05) is 24.5 Å². The van der Waals surface area contributed by atoms with Gasteiger partial charge in [0.15, 0.2) is 0 Å².